The van der Waals surface area contributed by atoms with E-state index in [-0.39, 0.29) is 11.4 Å². The Labute approximate surface area is 102 Å². The molecule has 1 aliphatic carbocycles. The molecule has 92 valence electrons. The summed E-state index contributed by atoms with van der Waals surface area (Å²) in [5, 5.41) is 7.02. The van der Waals surface area contributed by atoms with Crippen LogP contribution in [0.4, 0.5) is 15.8 Å². The Morgan fingerprint density at radius 2 is 2.24 bits per heavy atom. The van der Waals surface area contributed by atoms with Crippen LogP contribution < -0.4 is 10.6 Å². The minimum atomic E-state index is -0.168. The summed E-state index contributed by atoms with van der Waals surface area (Å²) in [5.41, 5.74) is 2.08. The quantitative estimate of drug-likeness (QED) is 0.716. The topological polar surface area (TPSA) is 24.1 Å². The molecule has 1 saturated carbocycles. The molecule has 1 heterocycles. The maximum Gasteiger partial charge on any atom is 0.125 e. The molecule has 0 saturated heterocycles. The number of rotatable bonds is 0. The number of fused-ring (bicyclic) bond motifs is 1. The van der Waals surface area contributed by atoms with Gasteiger partial charge in [0, 0.05) is 6.54 Å². The van der Waals surface area contributed by atoms with Crippen LogP contribution in [0.1, 0.15) is 32.6 Å². The van der Waals surface area contributed by atoms with Gasteiger partial charge in [0.2, 0.25) is 0 Å². The van der Waals surface area contributed by atoms with Crippen molar-refractivity contribution >= 4 is 11.4 Å². The van der Waals surface area contributed by atoms with Crippen LogP contribution in [-0.2, 0) is 0 Å². The molecular weight excluding hydrogens is 215 g/mol. The number of benzene rings is 1. The molecule has 1 fully saturated rings. The van der Waals surface area contributed by atoms with E-state index in [2.05, 4.69) is 17.6 Å². The summed E-state index contributed by atoms with van der Waals surface area (Å²) < 4.78 is 13.3. The van der Waals surface area contributed by atoms with E-state index < -0.39 is 0 Å². The summed E-state index contributed by atoms with van der Waals surface area (Å²) in [6, 6.07) is 4.92. The molecule has 2 unspecified atom stereocenters. The minimum absolute atomic E-state index is 0.137. The first kappa shape index (κ1) is 10.9. The molecule has 17 heavy (non-hydrogen) atoms. The second-order valence-corrected chi connectivity index (χ2v) is 5.65. The molecular formula is C14H19FN2. The molecule has 0 radical (unpaired) electrons. The number of halogens is 1. The fourth-order valence-electron chi connectivity index (χ4n) is 3.30. The lowest BCUT2D eigenvalue weighted by Crippen LogP contribution is -2.50. The van der Waals surface area contributed by atoms with Gasteiger partial charge in [0.1, 0.15) is 5.82 Å². The van der Waals surface area contributed by atoms with Crippen molar-refractivity contribution in [3.63, 3.8) is 0 Å². The van der Waals surface area contributed by atoms with Crippen LogP contribution in [0.15, 0.2) is 18.2 Å². The van der Waals surface area contributed by atoms with Gasteiger partial charge in [-0.3, -0.25) is 0 Å². The highest BCUT2D eigenvalue weighted by molar-refractivity contribution is 5.72. The van der Waals surface area contributed by atoms with Gasteiger partial charge in [-0.1, -0.05) is 19.8 Å². The second kappa shape index (κ2) is 3.90. The maximum absolute atomic E-state index is 13.3. The summed E-state index contributed by atoms with van der Waals surface area (Å²) in [6.07, 6.45) is 4.94. The van der Waals surface area contributed by atoms with Gasteiger partial charge >= 0.3 is 0 Å². The van der Waals surface area contributed by atoms with Gasteiger partial charge in [-0.25, -0.2) is 4.39 Å². The van der Waals surface area contributed by atoms with E-state index in [1.165, 1.54) is 31.7 Å². The number of anilines is 2. The largest absolute Gasteiger partial charge is 0.381 e. The Bertz CT molecular complexity index is 432. The highest BCUT2D eigenvalue weighted by Gasteiger charge is 2.37. The zero-order valence-electron chi connectivity index (χ0n) is 10.2. The number of nitrogens with one attached hydrogen (secondary N) is 2. The van der Waals surface area contributed by atoms with Crippen molar-refractivity contribution in [2.45, 2.75) is 38.1 Å². The van der Waals surface area contributed by atoms with Gasteiger partial charge < -0.3 is 10.6 Å². The highest BCUT2D eigenvalue weighted by Crippen LogP contribution is 2.40. The van der Waals surface area contributed by atoms with Crippen LogP contribution in [0.25, 0.3) is 0 Å². The molecule has 2 atom stereocenters. The van der Waals surface area contributed by atoms with Gasteiger partial charge in [0.25, 0.3) is 0 Å². The Balaban J connectivity index is 1.88. The predicted molar refractivity (Wildman–Crippen MR) is 68.9 cm³/mol. The highest BCUT2D eigenvalue weighted by atomic mass is 19.1. The van der Waals surface area contributed by atoms with Crippen LogP contribution in [0, 0.1) is 11.7 Å². The normalized spacial score (nSPS) is 31.5. The first-order valence-electron chi connectivity index (χ1n) is 6.49. The van der Waals surface area contributed by atoms with E-state index in [0.29, 0.717) is 0 Å². The summed E-state index contributed by atoms with van der Waals surface area (Å²) in [4.78, 5) is 0. The molecule has 0 bridgehead atoms. The Morgan fingerprint density at radius 1 is 1.35 bits per heavy atom. The molecule has 1 aromatic rings. The van der Waals surface area contributed by atoms with Crippen LogP contribution in [0.3, 0.4) is 0 Å². The fourth-order valence-corrected chi connectivity index (χ4v) is 3.30. The average molecular weight is 234 g/mol. The average Bonchev–Trinajstić information content (AvgIpc) is 2.28. The summed E-state index contributed by atoms with van der Waals surface area (Å²) in [6.45, 7) is 3.26. The van der Waals surface area contributed by atoms with Crippen molar-refractivity contribution in [3.05, 3.63) is 24.0 Å². The molecule has 3 rings (SSSR count). The van der Waals surface area contributed by atoms with Crippen molar-refractivity contribution in [2.75, 3.05) is 17.2 Å². The van der Waals surface area contributed by atoms with Crippen molar-refractivity contribution in [2.24, 2.45) is 5.92 Å². The first-order valence-corrected chi connectivity index (χ1v) is 6.49. The van der Waals surface area contributed by atoms with E-state index in [1.807, 2.05) is 6.07 Å². The Hall–Kier alpha value is -1.25. The maximum atomic E-state index is 13.3. The molecule has 2 aliphatic rings. The van der Waals surface area contributed by atoms with Gasteiger partial charge in [-0.05, 0) is 37.0 Å². The summed E-state index contributed by atoms with van der Waals surface area (Å²) in [7, 11) is 0. The third-order valence-electron chi connectivity index (χ3n) is 4.09. The molecule has 2 nitrogen and oxygen atoms in total. The van der Waals surface area contributed by atoms with Crippen molar-refractivity contribution in [1.82, 2.24) is 0 Å². The van der Waals surface area contributed by atoms with E-state index >= 15 is 0 Å². The minimum Gasteiger partial charge on any atom is -0.381 e. The van der Waals surface area contributed by atoms with E-state index in [4.69, 9.17) is 0 Å². The van der Waals surface area contributed by atoms with Crippen LogP contribution in [0.2, 0.25) is 0 Å². The molecule has 1 aliphatic heterocycles. The monoisotopic (exact) mass is 234 g/mol. The summed E-state index contributed by atoms with van der Waals surface area (Å²) >= 11 is 0. The van der Waals surface area contributed by atoms with Gasteiger partial charge in [0.15, 0.2) is 0 Å². The Kier molecular flexibility index (Phi) is 2.49. The lowest BCUT2D eigenvalue weighted by Gasteiger charge is -2.45. The van der Waals surface area contributed by atoms with Gasteiger partial charge in [0.05, 0.1) is 16.9 Å². The third-order valence-corrected chi connectivity index (χ3v) is 4.09. The van der Waals surface area contributed by atoms with Crippen LogP contribution in [-0.4, -0.2) is 12.1 Å². The lowest BCUT2D eigenvalue weighted by atomic mass is 9.75. The molecule has 2 N–H and O–H groups in total. The first-order chi connectivity index (χ1) is 8.17. The van der Waals surface area contributed by atoms with Crippen LogP contribution >= 0.6 is 0 Å². The Morgan fingerprint density at radius 3 is 3.06 bits per heavy atom. The molecule has 0 amide bonds. The number of hydrogen-bond donors (Lipinski definition) is 2. The standard InChI is InChI=1S/C14H19FN2/c1-10-3-2-6-14(8-10)9-16-12-5-4-11(15)7-13(12)17-14/h4-5,7,10,16-17H,2-3,6,8-9H2,1H3. The molecule has 1 aromatic carbocycles. The summed E-state index contributed by atoms with van der Waals surface area (Å²) in [5.74, 6) is 0.590. The fraction of sp³-hybridized carbons (Fsp3) is 0.571. The SMILES string of the molecule is CC1CCCC2(CNc3ccc(F)cc3N2)C1. The smallest absolute Gasteiger partial charge is 0.125 e. The van der Waals surface area contributed by atoms with Crippen LogP contribution in [0.5, 0.6) is 0 Å². The van der Waals surface area contributed by atoms with E-state index in [1.54, 1.807) is 6.07 Å². The predicted octanol–water partition coefficient (Wildman–Crippen LogP) is 3.61. The molecule has 1 spiro atoms. The van der Waals surface area contributed by atoms with Gasteiger partial charge in [-0.2, -0.15) is 0 Å². The zero-order valence-corrected chi connectivity index (χ0v) is 10.2. The van der Waals surface area contributed by atoms with E-state index in [9.17, 15) is 4.39 Å². The molecule has 0 aromatic heterocycles. The van der Waals surface area contributed by atoms with E-state index in [0.717, 1.165) is 23.8 Å². The third kappa shape index (κ3) is 1.99. The van der Waals surface area contributed by atoms with Crippen molar-refractivity contribution in [1.29, 1.82) is 0 Å². The van der Waals surface area contributed by atoms with Gasteiger partial charge in [-0.15, -0.1) is 0 Å². The van der Waals surface area contributed by atoms with Crippen molar-refractivity contribution in [3.8, 4) is 0 Å². The number of hydrogen-bond acceptors (Lipinski definition) is 2. The van der Waals surface area contributed by atoms with Crippen molar-refractivity contribution < 1.29 is 4.39 Å². The zero-order chi connectivity index (χ0) is 11.9. The molecule has 3 heteroatoms. The second-order valence-electron chi connectivity index (χ2n) is 5.65. The lowest BCUT2D eigenvalue weighted by molar-refractivity contribution is 0.266.